The van der Waals surface area contributed by atoms with Crippen molar-refractivity contribution in [2.75, 3.05) is 0 Å². The van der Waals surface area contributed by atoms with Crippen molar-refractivity contribution in [1.82, 2.24) is 0 Å². The molecule has 3 aromatic carbocycles. The highest BCUT2D eigenvalue weighted by molar-refractivity contribution is 7.87. The predicted octanol–water partition coefficient (Wildman–Crippen LogP) is 5.13. The number of rotatable bonds is 5. The van der Waals surface area contributed by atoms with Crippen LogP contribution >= 0.6 is 0 Å². The smallest absolute Gasteiger partial charge is 0.339 e. The Labute approximate surface area is 160 Å². The summed E-state index contributed by atoms with van der Waals surface area (Å²) in [4.78, 5) is 4.63. The lowest BCUT2D eigenvalue weighted by molar-refractivity contribution is 0.485. The minimum Gasteiger partial charge on any atom is -0.378 e. The van der Waals surface area contributed by atoms with Crippen molar-refractivity contribution in [1.29, 1.82) is 0 Å². The van der Waals surface area contributed by atoms with E-state index < -0.39 is 10.1 Å². The third-order valence-corrected chi connectivity index (χ3v) is 5.38. The molecule has 0 N–H and O–H groups in total. The van der Waals surface area contributed by atoms with Gasteiger partial charge in [0.1, 0.15) is 4.90 Å². The molecule has 0 aliphatic carbocycles. The van der Waals surface area contributed by atoms with Gasteiger partial charge in [0, 0.05) is 11.8 Å². The maximum absolute atomic E-state index is 12.6. The molecule has 0 amide bonds. The van der Waals surface area contributed by atoms with Gasteiger partial charge in [0.2, 0.25) is 0 Å². The van der Waals surface area contributed by atoms with Crippen LogP contribution in [0.15, 0.2) is 76.6 Å². The summed E-state index contributed by atoms with van der Waals surface area (Å²) in [5.74, 6) is 0.243. The Morgan fingerprint density at radius 2 is 1.52 bits per heavy atom. The molecule has 3 aromatic rings. The standard InChI is InChI=1S/C22H21NO3S/c1-16-9-12-20(13-10-16)27(24,25)26-22-7-5-4-6-19(22)15-23-21-14-17(2)8-11-18(21)3/h4-15H,1-3H3. The van der Waals surface area contributed by atoms with Crippen LogP contribution in [0.3, 0.4) is 0 Å². The molecule has 0 bridgehead atoms. The summed E-state index contributed by atoms with van der Waals surface area (Å²) < 4.78 is 30.5. The van der Waals surface area contributed by atoms with E-state index in [4.69, 9.17) is 4.18 Å². The molecule has 0 aliphatic rings. The number of hydrogen-bond acceptors (Lipinski definition) is 4. The lowest BCUT2D eigenvalue weighted by atomic mass is 10.1. The zero-order chi connectivity index (χ0) is 19.4. The fourth-order valence-electron chi connectivity index (χ4n) is 2.53. The van der Waals surface area contributed by atoms with E-state index in [1.165, 1.54) is 12.1 Å². The second-order valence-electron chi connectivity index (χ2n) is 6.44. The topological polar surface area (TPSA) is 55.7 Å². The number of benzene rings is 3. The van der Waals surface area contributed by atoms with Gasteiger partial charge < -0.3 is 4.18 Å². The Balaban J connectivity index is 1.91. The molecule has 0 aliphatic heterocycles. The SMILES string of the molecule is Cc1ccc(S(=O)(=O)Oc2ccccc2C=Nc2cc(C)ccc2C)cc1. The van der Waals surface area contributed by atoms with E-state index in [2.05, 4.69) is 4.99 Å². The summed E-state index contributed by atoms with van der Waals surface area (Å²) >= 11 is 0. The highest BCUT2D eigenvalue weighted by Crippen LogP contribution is 2.24. The van der Waals surface area contributed by atoms with Crippen LogP contribution < -0.4 is 4.18 Å². The molecule has 0 radical (unpaired) electrons. The molecule has 0 atom stereocenters. The highest BCUT2D eigenvalue weighted by atomic mass is 32.2. The van der Waals surface area contributed by atoms with Gasteiger partial charge in [-0.3, -0.25) is 4.99 Å². The van der Waals surface area contributed by atoms with Gasteiger partial charge in [0.05, 0.1) is 5.69 Å². The maximum Gasteiger partial charge on any atom is 0.339 e. The van der Waals surface area contributed by atoms with E-state index in [9.17, 15) is 8.42 Å². The Morgan fingerprint density at radius 3 is 2.26 bits per heavy atom. The Morgan fingerprint density at radius 1 is 0.852 bits per heavy atom. The van der Waals surface area contributed by atoms with Crippen LogP contribution in [0.2, 0.25) is 0 Å². The van der Waals surface area contributed by atoms with Crippen molar-refractivity contribution in [3.8, 4) is 5.75 Å². The lowest BCUT2D eigenvalue weighted by Gasteiger charge is -2.09. The van der Waals surface area contributed by atoms with Crippen molar-refractivity contribution in [2.24, 2.45) is 4.99 Å². The fourth-order valence-corrected chi connectivity index (χ4v) is 3.49. The molecule has 3 rings (SSSR count). The molecular weight excluding hydrogens is 358 g/mol. The van der Waals surface area contributed by atoms with Gasteiger partial charge in [0.15, 0.2) is 5.75 Å². The van der Waals surface area contributed by atoms with Gasteiger partial charge in [-0.2, -0.15) is 8.42 Å². The Kier molecular flexibility index (Phi) is 5.42. The number of aliphatic imine (C=N–C) groups is 1. The molecule has 0 spiro atoms. The van der Waals surface area contributed by atoms with E-state index in [-0.39, 0.29) is 10.6 Å². The van der Waals surface area contributed by atoms with Gasteiger partial charge >= 0.3 is 10.1 Å². The highest BCUT2D eigenvalue weighted by Gasteiger charge is 2.17. The number of hydrogen-bond donors (Lipinski definition) is 0. The molecule has 4 nitrogen and oxygen atoms in total. The molecule has 0 fully saturated rings. The van der Waals surface area contributed by atoms with Gasteiger partial charge in [-0.25, -0.2) is 0 Å². The van der Waals surface area contributed by atoms with Crippen molar-refractivity contribution in [2.45, 2.75) is 25.7 Å². The quantitative estimate of drug-likeness (QED) is 0.456. The third kappa shape index (κ3) is 4.63. The average molecular weight is 379 g/mol. The van der Waals surface area contributed by atoms with Crippen LogP contribution in [-0.2, 0) is 10.1 Å². The van der Waals surface area contributed by atoms with Crippen LogP contribution in [0.1, 0.15) is 22.3 Å². The first-order valence-corrected chi connectivity index (χ1v) is 9.97. The first kappa shape index (κ1) is 18.9. The molecule has 0 unspecified atom stereocenters. The van der Waals surface area contributed by atoms with Crippen LogP contribution in [0.5, 0.6) is 5.75 Å². The Hall–Kier alpha value is -2.92. The zero-order valence-corrected chi connectivity index (χ0v) is 16.3. The molecule has 27 heavy (non-hydrogen) atoms. The van der Waals surface area contributed by atoms with Gasteiger partial charge in [-0.05, 0) is 62.2 Å². The van der Waals surface area contributed by atoms with Gasteiger partial charge in [-0.15, -0.1) is 0 Å². The van der Waals surface area contributed by atoms with Crippen LogP contribution in [0, 0.1) is 20.8 Å². The third-order valence-electron chi connectivity index (χ3n) is 4.14. The van der Waals surface area contributed by atoms with Gasteiger partial charge in [-0.1, -0.05) is 42.0 Å². The first-order chi connectivity index (χ1) is 12.8. The Bertz CT molecular complexity index is 1080. The average Bonchev–Trinajstić information content (AvgIpc) is 2.63. The van der Waals surface area contributed by atoms with Crippen LogP contribution in [0.25, 0.3) is 0 Å². The van der Waals surface area contributed by atoms with E-state index in [1.807, 2.05) is 45.0 Å². The summed E-state index contributed by atoms with van der Waals surface area (Å²) in [7, 11) is -3.91. The number of nitrogens with zero attached hydrogens (tertiary/aromatic N) is 1. The minimum atomic E-state index is -3.91. The molecule has 138 valence electrons. The van der Waals surface area contributed by atoms with Crippen LogP contribution in [0.4, 0.5) is 5.69 Å². The molecule has 0 aromatic heterocycles. The largest absolute Gasteiger partial charge is 0.378 e. The van der Waals surface area contributed by atoms with Gasteiger partial charge in [0.25, 0.3) is 0 Å². The van der Waals surface area contributed by atoms with Crippen LogP contribution in [-0.4, -0.2) is 14.6 Å². The van der Waals surface area contributed by atoms with E-state index in [1.54, 1.807) is 36.5 Å². The van der Waals surface area contributed by atoms with Crippen molar-refractivity contribution >= 4 is 22.0 Å². The van der Waals surface area contributed by atoms with Crippen molar-refractivity contribution in [3.05, 3.63) is 89.0 Å². The number of aryl methyl sites for hydroxylation is 3. The summed E-state index contributed by atoms with van der Waals surface area (Å²) in [6.07, 6.45) is 1.63. The maximum atomic E-state index is 12.6. The lowest BCUT2D eigenvalue weighted by Crippen LogP contribution is -2.10. The first-order valence-electron chi connectivity index (χ1n) is 8.57. The molecule has 0 saturated heterocycles. The summed E-state index contributed by atoms with van der Waals surface area (Å²) in [6.45, 7) is 5.89. The molecular formula is C22H21NO3S. The second-order valence-corrected chi connectivity index (χ2v) is 7.98. The number of para-hydroxylation sites is 1. The molecule has 0 heterocycles. The monoisotopic (exact) mass is 379 g/mol. The summed E-state index contributed by atoms with van der Waals surface area (Å²) in [5.41, 5.74) is 4.57. The summed E-state index contributed by atoms with van der Waals surface area (Å²) in [5, 5.41) is 0. The predicted molar refractivity (Wildman–Crippen MR) is 109 cm³/mol. The molecule has 5 heteroatoms. The van der Waals surface area contributed by atoms with E-state index in [0.717, 1.165) is 22.4 Å². The van der Waals surface area contributed by atoms with Crippen molar-refractivity contribution < 1.29 is 12.6 Å². The summed E-state index contributed by atoms with van der Waals surface area (Å²) in [6, 6.07) is 19.5. The van der Waals surface area contributed by atoms with E-state index in [0.29, 0.717) is 5.56 Å². The van der Waals surface area contributed by atoms with Crippen molar-refractivity contribution in [3.63, 3.8) is 0 Å². The second kappa shape index (κ2) is 7.76. The fraction of sp³-hybridized carbons (Fsp3) is 0.136. The zero-order valence-electron chi connectivity index (χ0n) is 15.5. The minimum absolute atomic E-state index is 0.120. The van der Waals surface area contributed by atoms with E-state index >= 15 is 0 Å². The molecule has 0 saturated carbocycles. The normalized spacial score (nSPS) is 11.7.